The van der Waals surface area contributed by atoms with Gasteiger partial charge in [0.2, 0.25) is 0 Å². The second kappa shape index (κ2) is 6.04. The molecular formula is C13H19NOS. The van der Waals surface area contributed by atoms with Gasteiger partial charge in [-0.3, -0.25) is 0 Å². The molecule has 1 heterocycles. The molecule has 0 radical (unpaired) electrons. The summed E-state index contributed by atoms with van der Waals surface area (Å²) >= 11 is 2.06. The summed E-state index contributed by atoms with van der Waals surface area (Å²) in [6.45, 7) is 2.73. The Bertz CT molecular complexity index is 306. The molecule has 1 N–H and O–H groups in total. The summed E-state index contributed by atoms with van der Waals surface area (Å²) in [6.07, 6.45) is 2.55. The van der Waals surface area contributed by atoms with E-state index in [0.717, 1.165) is 12.4 Å². The van der Waals surface area contributed by atoms with Gasteiger partial charge in [-0.15, -0.1) is 0 Å². The lowest BCUT2D eigenvalue weighted by Crippen LogP contribution is -2.24. The van der Waals surface area contributed by atoms with Crippen LogP contribution in [-0.4, -0.2) is 24.2 Å². The molecule has 1 aliphatic rings. The molecule has 2 nitrogen and oxygen atoms in total. The fourth-order valence-corrected chi connectivity index (χ4v) is 3.00. The predicted molar refractivity (Wildman–Crippen MR) is 71.6 cm³/mol. The number of anilines is 1. The maximum absolute atomic E-state index is 5.42. The molecule has 0 spiro atoms. The lowest BCUT2D eigenvalue weighted by Gasteiger charge is -2.23. The minimum Gasteiger partial charge on any atom is -0.494 e. The molecule has 1 aromatic rings. The number of rotatable bonds is 4. The van der Waals surface area contributed by atoms with Crippen LogP contribution >= 0.6 is 11.8 Å². The predicted octanol–water partition coefficient (Wildman–Crippen LogP) is 3.39. The Hall–Kier alpha value is -0.830. The van der Waals surface area contributed by atoms with Crippen molar-refractivity contribution in [3.8, 4) is 5.75 Å². The van der Waals surface area contributed by atoms with Crippen LogP contribution in [0.15, 0.2) is 24.3 Å². The van der Waals surface area contributed by atoms with Crippen molar-refractivity contribution in [1.29, 1.82) is 0 Å². The van der Waals surface area contributed by atoms with Crippen molar-refractivity contribution in [2.24, 2.45) is 0 Å². The summed E-state index contributed by atoms with van der Waals surface area (Å²) < 4.78 is 5.42. The molecule has 0 amide bonds. The number of benzene rings is 1. The van der Waals surface area contributed by atoms with Gasteiger partial charge in [-0.2, -0.15) is 11.8 Å². The van der Waals surface area contributed by atoms with Crippen LogP contribution in [0.2, 0.25) is 0 Å². The Balaban J connectivity index is 1.88. The van der Waals surface area contributed by atoms with Crippen LogP contribution in [-0.2, 0) is 0 Å². The number of nitrogens with one attached hydrogen (secondary N) is 1. The quantitative estimate of drug-likeness (QED) is 0.867. The molecule has 1 aliphatic heterocycles. The minimum atomic E-state index is 0.652. The Morgan fingerprint density at radius 3 is 2.56 bits per heavy atom. The van der Waals surface area contributed by atoms with Gasteiger partial charge in [0.1, 0.15) is 5.75 Å². The molecule has 1 fully saturated rings. The van der Waals surface area contributed by atoms with Gasteiger partial charge in [0.05, 0.1) is 6.61 Å². The molecule has 0 unspecified atom stereocenters. The maximum atomic E-state index is 5.42. The molecule has 0 saturated carbocycles. The highest BCUT2D eigenvalue weighted by Gasteiger charge is 2.12. The van der Waals surface area contributed by atoms with Gasteiger partial charge >= 0.3 is 0 Å². The fraction of sp³-hybridized carbons (Fsp3) is 0.538. The monoisotopic (exact) mass is 237 g/mol. The molecule has 1 saturated heterocycles. The van der Waals surface area contributed by atoms with Crippen LogP contribution in [0.25, 0.3) is 0 Å². The lowest BCUT2D eigenvalue weighted by atomic mass is 10.1. The second-order valence-corrected chi connectivity index (χ2v) is 5.21. The summed E-state index contributed by atoms with van der Waals surface area (Å²) in [6, 6.07) is 8.92. The van der Waals surface area contributed by atoms with E-state index in [0.29, 0.717) is 6.04 Å². The van der Waals surface area contributed by atoms with Crippen LogP contribution < -0.4 is 10.1 Å². The summed E-state index contributed by atoms with van der Waals surface area (Å²) in [7, 11) is 0. The Kier molecular flexibility index (Phi) is 4.40. The van der Waals surface area contributed by atoms with E-state index in [-0.39, 0.29) is 0 Å². The third kappa shape index (κ3) is 3.34. The summed E-state index contributed by atoms with van der Waals surface area (Å²) in [5.74, 6) is 3.52. The van der Waals surface area contributed by atoms with E-state index in [1.165, 1.54) is 30.0 Å². The fourth-order valence-electron chi connectivity index (χ4n) is 1.89. The van der Waals surface area contributed by atoms with E-state index in [1.807, 2.05) is 19.1 Å². The molecule has 0 atom stereocenters. The van der Waals surface area contributed by atoms with Crippen molar-refractivity contribution in [3.63, 3.8) is 0 Å². The van der Waals surface area contributed by atoms with Gasteiger partial charge in [-0.25, -0.2) is 0 Å². The molecule has 88 valence electrons. The smallest absolute Gasteiger partial charge is 0.119 e. The van der Waals surface area contributed by atoms with Crippen molar-refractivity contribution < 1.29 is 4.74 Å². The number of hydrogen-bond acceptors (Lipinski definition) is 3. The zero-order chi connectivity index (χ0) is 11.2. The van der Waals surface area contributed by atoms with E-state index < -0.39 is 0 Å². The van der Waals surface area contributed by atoms with Crippen LogP contribution in [0.3, 0.4) is 0 Å². The molecule has 3 heteroatoms. The minimum absolute atomic E-state index is 0.652. The normalized spacial score (nSPS) is 17.1. The van der Waals surface area contributed by atoms with Gasteiger partial charge in [-0.05, 0) is 55.5 Å². The number of hydrogen-bond donors (Lipinski definition) is 1. The van der Waals surface area contributed by atoms with E-state index in [9.17, 15) is 0 Å². The largest absolute Gasteiger partial charge is 0.494 e. The number of ether oxygens (including phenoxy) is 1. The van der Waals surface area contributed by atoms with Crippen LogP contribution in [0.4, 0.5) is 5.69 Å². The SMILES string of the molecule is CCOc1ccc(NC2CCSCC2)cc1. The van der Waals surface area contributed by atoms with Gasteiger partial charge in [-0.1, -0.05) is 0 Å². The summed E-state index contributed by atoms with van der Waals surface area (Å²) in [4.78, 5) is 0. The first-order valence-electron chi connectivity index (χ1n) is 5.95. The first kappa shape index (κ1) is 11.6. The average molecular weight is 237 g/mol. The van der Waals surface area contributed by atoms with Crippen LogP contribution in [0.1, 0.15) is 19.8 Å². The van der Waals surface area contributed by atoms with E-state index in [2.05, 4.69) is 29.2 Å². The lowest BCUT2D eigenvalue weighted by molar-refractivity contribution is 0.340. The molecule has 0 aliphatic carbocycles. The molecule has 0 aromatic heterocycles. The summed E-state index contributed by atoms with van der Waals surface area (Å²) in [5.41, 5.74) is 1.21. The van der Waals surface area contributed by atoms with E-state index in [1.54, 1.807) is 0 Å². The molecule has 2 rings (SSSR count). The van der Waals surface area contributed by atoms with Gasteiger partial charge in [0.15, 0.2) is 0 Å². The molecule has 16 heavy (non-hydrogen) atoms. The van der Waals surface area contributed by atoms with Crippen molar-refractivity contribution in [3.05, 3.63) is 24.3 Å². The van der Waals surface area contributed by atoms with Gasteiger partial charge < -0.3 is 10.1 Å². The third-order valence-corrected chi connectivity index (χ3v) is 3.81. The van der Waals surface area contributed by atoms with Crippen LogP contribution in [0.5, 0.6) is 5.75 Å². The zero-order valence-electron chi connectivity index (χ0n) is 9.74. The highest BCUT2D eigenvalue weighted by Crippen LogP contribution is 2.22. The Morgan fingerprint density at radius 2 is 1.94 bits per heavy atom. The van der Waals surface area contributed by atoms with Crippen molar-refractivity contribution in [2.75, 3.05) is 23.4 Å². The van der Waals surface area contributed by atoms with E-state index in [4.69, 9.17) is 4.74 Å². The average Bonchev–Trinajstić information content (AvgIpc) is 2.33. The number of thioether (sulfide) groups is 1. The highest BCUT2D eigenvalue weighted by molar-refractivity contribution is 7.99. The van der Waals surface area contributed by atoms with Crippen molar-refractivity contribution in [2.45, 2.75) is 25.8 Å². The first-order chi connectivity index (χ1) is 7.88. The topological polar surface area (TPSA) is 21.3 Å². The van der Waals surface area contributed by atoms with Gasteiger partial charge in [0.25, 0.3) is 0 Å². The van der Waals surface area contributed by atoms with E-state index >= 15 is 0 Å². The Morgan fingerprint density at radius 1 is 1.25 bits per heavy atom. The van der Waals surface area contributed by atoms with Crippen LogP contribution in [0, 0.1) is 0 Å². The van der Waals surface area contributed by atoms with Crippen molar-refractivity contribution in [1.82, 2.24) is 0 Å². The zero-order valence-corrected chi connectivity index (χ0v) is 10.6. The first-order valence-corrected chi connectivity index (χ1v) is 7.11. The molecule has 1 aromatic carbocycles. The van der Waals surface area contributed by atoms with Crippen molar-refractivity contribution >= 4 is 17.4 Å². The summed E-state index contributed by atoms with van der Waals surface area (Å²) in [5, 5.41) is 3.58. The second-order valence-electron chi connectivity index (χ2n) is 3.99. The third-order valence-electron chi connectivity index (χ3n) is 2.76. The van der Waals surface area contributed by atoms with Gasteiger partial charge in [0, 0.05) is 11.7 Å². The molecule has 0 bridgehead atoms. The highest BCUT2D eigenvalue weighted by atomic mass is 32.2. The Labute approximate surface area is 102 Å². The standard InChI is InChI=1S/C13H19NOS/c1-2-15-13-5-3-11(4-6-13)14-12-7-9-16-10-8-12/h3-6,12,14H,2,7-10H2,1H3. The molecular weight excluding hydrogens is 218 g/mol. The maximum Gasteiger partial charge on any atom is 0.119 e.